The summed E-state index contributed by atoms with van der Waals surface area (Å²) < 4.78 is 1.33. The number of nitro groups is 1. The Morgan fingerprint density at radius 2 is 2.24 bits per heavy atom. The number of aromatic nitrogens is 3. The van der Waals surface area contributed by atoms with Gasteiger partial charge in [0.25, 0.3) is 11.6 Å². The van der Waals surface area contributed by atoms with Crippen LogP contribution in [0, 0.1) is 16.0 Å². The molecular formula is C15H19ClN6O3. The molecule has 1 atom stereocenters. The summed E-state index contributed by atoms with van der Waals surface area (Å²) in [5, 5.41) is 21.5. The van der Waals surface area contributed by atoms with E-state index in [-0.39, 0.29) is 29.7 Å². The van der Waals surface area contributed by atoms with E-state index in [1.54, 1.807) is 12.1 Å². The van der Waals surface area contributed by atoms with Gasteiger partial charge in [-0.15, -0.1) is 17.5 Å². The van der Waals surface area contributed by atoms with Crippen LogP contribution in [0.4, 0.5) is 5.69 Å². The van der Waals surface area contributed by atoms with Crippen LogP contribution in [-0.4, -0.2) is 37.9 Å². The maximum absolute atomic E-state index is 12.4. The third-order valence-electron chi connectivity index (χ3n) is 4.33. The van der Waals surface area contributed by atoms with Gasteiger partial charge in [-0.3, -0.25) is 14.9 Å². The van der Waals surface area contributed by atoms with Gasteiger partial charge in [-0.2, -0.15) is 0 Å². The number of benzene rings is 1. The Bertz CT molecular complexity index is 791. The highest BCUT2D eigenvalue weighted by molar-refractivity contribution is 5.92. The molecule has 1 aromatic heterocycles. The molecule has 3 N–H and O–H groups in total. The van der Waals surface area contributed by atoms with E-state index in [1.165, 1.54) is 23.0 Å². The molecule has 1 heterocycles. The van der Waals surface area contributed by atoms with E-state index in [2.05, 4.69) is 15.6 Å². The van der Waals surface area contributed by atoms with Crippen LogP contribution < -0.4 is 11.1 Å². The van der Waals surface area contributed by atoms with Gasteiger partial charge in [0.2, 0.25) is 0 Å². The number of carbonyl (C=O) groups excluding carboxylic acids is 1. The van der Waals surface area contributed by atoms with E-state index in [0.717, 1.165) is 12.8 Å². The molecule has 1 saturated carbocycles. The summed E-state index contributed by atoms with van der Waals surface area (Å²) in [7, 11) is 0. The molecule has 1 fully saturated rings. The predicted molar refractivity (Wildman–Crippen MR) is 92.9 cm³/mol. The molecule has 1 aromatic carbocycles. The molecule has 0 radical (unpaired) electrons. The molecule has 0 saturated heterocycles. The van der Waals surface area contributed by atoms with Gasteiger partial charge < -0.3 is 11.1 Å². The van der Waals surface area contributed by atoms with Crippen LogP contribution in [0.15, 0.2) is 30.5 Å². The van der Waals surface area contributed by atoms with Gasteiger partial charge in [0.05, 0.1) is 22.3 Å². The monoisotopic (exact) mass is 366 g/mol. The third-order valence-corrected chi connectivity index (χ3v) is 4.33. The van der Waals surface area contributed by atoms with Gasteiger partial charge in [0.1, 0.15) is 0 Å². The second-order valence-corrected chi connectivity index (χ2v) is 6.18. The second kappa shape index (κ2) is 7.16. The fraction of sp³-hybridized carbons (Fsp3) is 0.400. The number of nitrogens with one attached hydrogen (secondary N) is 1. The highest BCUT2D eigenvalue weighted by atomic mass is 35.5. The van der Waals surface area contributed by atoms with Crippen molar-refractivity contribution in [2.24, 2.45) is 11.7 Å². The second-order valence-electron chi connectivity index (χ2n) is 6.18. The molecule has 2 aromatic rings. The molecule has 0 aliphatic heterocycles. The number of rotatable bonds is 6. The lowest BCUT2D eigenvalue weighted by atomic mass is 9.96. The first-order chi connectivity index (χ1) is 11.4. The van der Waals surface area contributed by atoms with Crippen LogP contribution >= 0.6 is 12.4 Å². The summed E-state index contributed by atoms with van der Waals surface area (Å²) in [5.74, 6) is 0.0322. The number of carbonyl (C=O) groups is 1. The van der Waals surface area contributed by atoms with Crippen molar-refractivity contribution in [2.45, 2.75) is 25.3 Å². The first kappa shape index (κ1) is 18.8. The minimum absolute atomic E-state index is 0. The standard InChI is InChI=1S/C15H18N6O3.ClH/c1-15(9-16,10-5-6-10)17-14(22)13-8-20(19-18-13)11-3-2-4-12(7-11)21(23)24;/h2-4,7-8,10H,5-6,9,16H2,1H3,(H,17,22);1H. The zero-order valence-electron chi connectivity index (χ0n) is 13.6. The average molecular weight is 367 g/mol. The van der Waals surface area contributed by atoms with Crippen LogP contribution in [-0.2, 0) is 0 Å². The zero-order chi connectivity index (χ0) is 17.3. The predicted octanol–water partition coefficient (Wildman–Crippen LogP) is 1.45. The quantitative estimate of drug-likeness (QED) is 0.588. The lowest BCUT2D eigenvalue weighted by molar-refractivity contribution is -0.384. The summed E-state index contributed by atoms with van der Waals surface area (Å²) in [6, 6.07) is 5.95. The SMILES string of the molecule is CC(CN)(NC(=O)c1cn(-c2cccc([N+](=O)[O-])c2)nn1)C1CC1.Cl. The molecule has 0 spiro atoms. The first-order valence-electron chi connectivity index (χ1n) is 7.63. The molecule has 1 aliphatic rings. The molecule has 9 nitrogen and oxygen atoms in total. The summed E-state index contributed by atoms with van der Waals surface area (Å²) in [4.78, 5) is 22.7. The van der Waals surface area contributed by atoms with Gasteiger partial charge in [0, 0.05) is 18.7 Å². The molecule has 3 rings (SSSR count). The highest BCUT2D eigenvalue weighted by Gasteiger charge is 2.42. The van der Waals surface area contributed by atoms with E-state index in [0.29, 0.717) is 18.2 Å². The molecule has 1 aliphatic carbocycles. The Morgan fingerprint density at radius 1 is 1.52 bits per heavy atom. The maximum Gasteiger partial charge on any atom is 0.273 e. The molecule has 1 unspecified atom stereocenters. The summed E-state index contributed by atoms with van der Waals surface area (Å²) >= 11 is 0. The fourth-order valence-electron chi connectivity index (χ4n) is 2.61. The van der Waals surface area contributed by atoms with Crippen molar-refractivity contribution in [3.63, 3.8) is 0 Å². The van der Waals surface area contributed by atoms with Crippen molar-refractivity contribution in [1.29, 1.82) is 0 Å². The zero-order valence-corrected chi connectivity index (χ0v) is 14.4. The molecule has 10 heteroatoms. The number of nitrogens with zero attached hydrogens (tertiary/aromatic N) is 4. The molecular weight excluding hydrogens is 348 g/mol. The number of nitro benzene ring substituents is 1. The number of hydrogen-bond acceptors (Lipinski definition) is 6. The number of nitrogens with two attached hydrogens (primary N) is 1. The number of hydrogen-bond donors (Lipinski definition) is 2. The topological polar surface area (TPSA) is 129 Å². The normalized spacial score (nSPS) is 15.8. The van der Waals surface area contributed by atoms with Gasteiger partial charge in [0.15, 0.2) is 5.69 Å². The van der Waals surface area contributed by atoms with E-state index < -0.39 is 10.5 Å². The number of amides is 1. The van der Waals surface area contributed by atoms with E-state index >= 15 is 0 Å². The van der Waals surface area contributed by atoms with Crippen LogP contribution in [0.1, 0.15) is 30.3 Å². The number of halogens is 1. The minimum atomic E-state index is -0.490. The van der Waals surface area contributed by atoms with Crippen molar-refractivity contribution in [3.8, 4) is 5.69 Å². The van der Waals surface area contributed by atoms with E-state index in [4.69, 9.17) is 5.73 Å². The largest absolute Gasteiger partial charge is 0.344 e. The van der Waals surface area contributed by atoms with Crippen LogP contribution in [0.25, 0.3) is 5.69 Å². The molecule has 0 bridgehead atoms. The Hall–Kier alpha value is -2.52. The molecule has 134 valence electrons. The maximum atomic E-state index is 12.4. The van der Waals surface area contributed by atoms with Gasteiger partial charge in [-0.05, 0) is 31.7 Å². The highest BCUT2D eigenvalue weighted by Crippen LogP contribution is 2.39. The van der Waals surface area contributed by atoms with Crippen molar-refractivity contribution >= 4 is 24.0 Å². The lowest BCUT2D eigenvalue weighted by Gasteiger charge is -2.28. The smallest absolute Gasteiger partial charge is 0.273 e. The van der Waals surface area contributed by atoms with Crippen molar-refractivity contribution in [1.82, 2.24) is 20.3 Å². The molecule has 25 heavy (non-hydrogen) atoms. The first-order valence-corrected chi connectivity index (χ1v) is 7.63. The van der Waals surface area contributed by atoms with Gasteiger partial charge >= 0.3 is 0 Å². The fourth-order valence-corrected chi connectivity index (χ4v) is 2.61. The Labute approximate surface area is 150 Å². The summed E-state index contributed by atoms with van der Waals surface area (Å²) in [6.07, 6.45) is 3.54. The number of non-ortho nitro benzene ring substituents is 1. The van der Waals surface area contributed by atoms with Crippen molar-refractivity contribution in [3.05, 3.63) is 46.3 Å². The van der Waals surface area contributed by atoms with Gasteiger partial charge in [-0.1, -0.05) is 11.3 Å². The van der Waals surface area contributed by atoms with Crippen LogP contribution in [0.2, 0.25) is 0 Å². The molecule has 1 amide bonds. The Morgan fingerprint density at radius 3 is 2.84 bits per heavy atom. The van der Waals surface area contributed by atoms with Crippen LogP contribution in [0.3, 0.4) is 0 Å². The minimum Gasteiger partial charge on any atom is -0.344 e. The Balaban J connectivity index is 0.00000225. The summed E-state index contributed by atoms with van der Waals surface area (Å²) in [6.45, 7) is 2.27. The Kier molecular flexibility index (Phi) is 5.39. The van der Waals surface area contributed by atoms with E-state index in [9.17, 15) is 14.9 Å². The van der Waals surface area contributed by atoms with E-state index in [1.807, 2.05) is 6.92 Å². The summed E-state index contributed by atoms with van der Waals surface area (Å²) in [5.41, 5.74) is 5.89. The van der Waals surface area contributed by atoms with Gasteiger partial charge in [-0.25, -0.2) is 4.68 Å². The third kappa shape index (κ3) is 3.94. The lowest BCUT2D eigenvalue weighted by Crippen LogP contribution is -2.53. The van der Waals surface area contributed by atoms with Crippen molar-refractivity contribution in [2.75, 3.05) is 6.54 Å². The average Bonchev–Trinajstić information content (AvgIpc) is 3.32. The van der Waals surface area contributed by atoms with Crippen molar-refractivity contribution < 1.29 is 9.72 Å². The van der Waals surface area contributed by atoms with Crippen LogP contribution in [0.5, 0.6) is 0 Å².